The largest absolute Gasteiger partial charge is 0.480 e. The zero-order chi connectivity index (χ0) is 12.8. The van der Waals surface area contributed by atoms with Crippen LogP contribution in [-0.4, -0.2) is 34.0 Å². The molecule has 0 bridgehead atoms. The quantitative estimate of drug-likeness (QED) is 0.437. The molecule has 0 saturated carbocycles. The molecule has 17 heavy (non-hydrogen) atoms. The van der Waals surface area contributed by atoms with Crippen LogP contribution < -0.4 is 0 Å². The Kier molecular flexibility index (Phi) is 4.41. The van der Waals surface area contributed by atoms with Gasteiger partial charge in [0.2, 0.25) is 0 Å². The minimum atomic E-state index is -0.979. The van der Waals surface area contributed by atoms with Crippen molar-refractivity contribution in [1.29, 1.82) is 0 Å². The van der Waals surface area contributed by atoms with E-state index in [0.29, 0.717) is 12.3 Å². The molecule has 7 heteroatoms. The molecule has 1 N–H and O–H groups in total. The Labute approximate surface area is 97.1 Å². The van der Waals surface area contributed by atoms with Crippen molar-refractivity contribution in [2.45, 2.75) is 6.54 Å². The Balaban J connectivity index is 2.67. The molecule has 1 aromatic heterocycles. The van der Waals surface area contributed by atoms with Gasteiger partial charge in [-0.25, -0.2) is 0 Å². The van der Waals surface area contributed by atoms with Gasteiger partial charge in [-0.2, -0.15) is 0 Å². The molecule has 0 amide bonds. The Bertz CT molecular complexity index is 426. The van der Waals surface area contributed by atoms with E-state index in [9.17, 15) is 14.9 Å². The fraction of sp³-hybridized carbons (Fsp3) is 0.300. The van der Waals surface area contributed by atoms with Gasteiger partial charge in [0.05, 0.1) is 19.2 Å². The van der Waals surface area contributed by atoms with Crippen LogP contribution in [0.3, 0.4) is 0 Å². The van der Waals surface area contributed by atoms with Crippen molar-refractivity contribution in [3.8, 4) is 0 Å². The van der Waals surface area contributed by atoms with Crippen molar-refractivity contribution in [2.75, 3.05) is 13.1 Å². The lowest BCUT2D eigenvalue weighted by Gasteiger charge is -2.16. The van der Waals surface area contributed by atoms with Crippen LogP contribution in [0.5, 0.6) is 0 Å². The Morgan fingerprint density at radius 1 is 1.65 bits per heavy atom. The number of carbonyl (C=O) groups is 1. The third-order valence-electron chi connectivity index (χ3n) is 1.95. The zero-order valence-corrected chi connectivity index (χ0v) is 9.04. The van der Waals surface area contributed by atoms with Crippen molar-refractivity contribution >= 4 is 11.9 Å². The van der Waals surface area contributed by atoms with Crippen LogP contribution in [-0.2, 0) is 11.3 Å². The van der Waals surface area contributed by atoms with E-state index in [0.717, 1.165) is 0 Å². The topological polar surface area (TPSA) is 96.8 Å². The molecule has 1 heterocycles. The normalized spacial score (nSPS) is 10.4. The number of nitro groups is 1. The molecular weight excluding hydrogens is 228 g/mol. The minimum Gasteiger partial charge on any atom is -0.480 e. The van der Waals surface area contributed by atoms with Gasteiger partial charge in [0.25, 0.3) is 0 Å². The van der Waals surface area contributed by atoms with Crippen molar-refractivity contribution in [3.05, 3.63) is 40.7 Å². The van der Waals surface area contributed by atoms with Crippen LogP contribution in [0.1, 0.15) is 5.76 Å². The standard InChI is InChI=1S/C10H12N2O5/c1-2-5-11(7-10(13)14)6-8-3-4-9(17-8)12(15)16/h2-4H,1,5-7H2,(H,13,14). The number of nitrogens with zero attached hydrogens (tertiary/aromatic N) is 2. The second-order valence-electron chi connectivity index (χ2n) is 3.35. The lowest BCUT2D eigenvalue weighted by atomic mass is 10.3. The van der Waals surface area contributed by atoms with Crippen LogP contribution in [0.15, 0.2) is 29.2 Å². The first-order valence-electron chi connectivity index (χ1n) is 4.81. The van der Waals surface area contributed by atoms with Gasteiger partial charge in [-0.05, 0) is 6.07 Å². The maximum atomic E-state index is 10.6. The summed E-state index contributed by atoms with van der Waals surface area (Å²) < 4.78 is 4.94. The molecule has 0 unspecified atom stereocenters. The van der Waals surface area contributed by atoms with Crippen LogP contribution in [0.4, 0.5) is 5.88 Å². The molecule has 0 fully saturated rings. The lowest BCUT2D eigenvalue weighted by Crippen LogP contribution is -2.29. The van der Waals surface area contributed by atoms with Crippen molar-refractivity contribution in [3.63, 3.8) is 0 Å². The number of hydrogen-bond acceptors (Lipinski definition) is 5. The Morgan fingerprint density at radius 2 is 2.35 bits per heavy atom. The maximum absolute atomic E-state index is 10.6. The van der Waals surface area contributed by atoms with E-state index >= 15 is 0 Å². The molecule has 0 aliphatic rings. The van der Waals surface area contributed by atoms with Gasteiger partial charge in [0.15, 0.2) is 0 Å². The highest BCUT2D eigenvalue weighted by Gasteiger charge is 2.15. The summed E-state index contributed by atoms with van der Waals surface area (Å²) in [5.41, 5.74) is 0. The van der Waals surface area contributed by atoms with Gasteiger partial charge >= 0.3 is 11.9 Å². The number of furan rings is 1. The molecule has 0 aliphatic heterocycles. The van der Waals surface area contributed by atoms with Crippen LogP contribution in [0.25, 0.3) is 0 Å². The third-order valence-corrected chi connectivity index (χ3v) is 1.95. The number of carboxylic acid groups (broad SMARTS) is 1. The summed E-state index contributed by atoms with van der Waals surface area (Å²) >= 11 is 0. The van der Waals surface area contributed by atoms with Crippen LogP contribution in [0.2, 0.25) is 0 Å². The molecule has 0 aliphatic carbocycles. The van der Waals surface area contributed by atoms with E-state index in [1.807, 2.05) is 0 Å². The highest BCUT2D eigenvalue weighted by atomic mass is 16.6. The van der Waals surface area contributed by atoms with Gasteiger partial charge in [0, 0.05) is 6.54 Å². The number of aliphatic carboxylic acids is 1. The molecule has 0 aromatic carbocycles. The van der Waals surface area contributed by atoms with Crippen LogP contribution in [0, 0.1) is 10.1 Å². The summed E-state index contributed by atoms with van der Waals surface area (Å²) in [6.07, 6.45) is 1.56. The summed E-state index contributed by atoms with van der Waals surface area (Å²) in [5, 5.41) is 19.1. The van der Waals surface area contributed by atoms with E-state index in [1.54, 1.807) is 6.08 Å². The SMILES string of the molecule is C=CCN(CC(=O)O)Cc1ccc([N+](=O)[O-])o1. The fourth-order valence-corrected chi connectivity index (χ4v) is 1.33. The van der Waals surface area contributed by atoms with E-state index < -0.39 is 10.9 Å². The minimum absolute atomic E-state index is 0.180. The first-order chi connectivity index (χ1) is 8.02. The molecule has 1 aromatic rings. The first kappa shape index (κ1) is 12.9. The average Bonchev–Trinajstić information content (AvgIpc) is 2.65. The molecular formula is C10H12N2O5. The molecule has 0 atom stereocenters. The Hall–Kier alpha value is -2.15. The predicted molar refractivity (Wildman–Crippen MR) is 58.5 cm³/mol. The summed E-state index contributed by atoms with van der Waals surface area (Å²) in [4.78, 5) is 21.9. The molecule has 0 radical (unpaired) electrons. The van der Waals surface area contributed by atoms with E-state index in [4.69, 9.17) is 9.52 Å². The number of carboxylic acids is 1. The highest BCUT2D eigenvalue weighted by Crippen LogP contribution is 2.16. The van der Waals surface area contributed by atoms with Crippen molar-refractivity contribution < 1.29 is 19.2 Å². The summed E-state index contributed by atoms with van der Waals surface area (Å²) in [6.45, 7) is 3.88. The molecule has 0 spiro atoms. The summed E-state index contributed by atoms with van der Waals surface area (Å²) in [6, 6.07) is 2.69. The lowest BCUT2D eigenvalue weighted by molar-refractivity contribution is -0.402. The van der Waals surface area contributed by atoms with E-state index in [1.165, 1.54) is 17.0 Å². The first-order valence-corrected chi connectivity index (χ1v) is 4.81. The third kappa shape index (κ3) is 4.07. The highest BCUT2D eigenvalue weighted by molar-refractivity contribution is 5.69. The zero-order valence-electron chi connectivity index (χ0n) is 9.04. The molecule has 1 rings (SSSR count). The smallest absolute Gasteiger partial charge is 0.433 e. The van der Waals surface area contributed by atoms with Crippen molar-refractivity contribution in [1.82, 2.24) is 4.90 Å². The summed E-state index contributed by atoms with van der Waals surface area (Å²) in [7, 11) is 0. The van der Waals surface area contributed by atoms with Crippen molar-refractivity contribution in [2.24, 2.45) is 0 Å². The Morgan fingerprint density at radius 3 is 2.82 bits per heavy atom. The fourth-order valence-electron chi connectivity index (χ4n) is 1.33. The maximum Gasteiger partial charge on any atom is 0.433 e. The van der Waals surface area contributed by atoms with Gasteiger partial charge in [-0.15, -0.1) is 6.58 Å². The van der Waals surface area contributed by atoms with Gasteiger partial charge in [0.1, 0.15) is 10.7 Å². The number of hydrogen-bond donors (Lipinski definition) is 1. The molecule has 7 nitrogen and oxygen atoms in total. The van der Waals surface area contributed by atoms with Gasteiger partial charge in [-0.3, -0.25) is 19.8 Å². The monoisotopic (exact) mass is 240 g/mol. The molecule has 92 valence electrons. The van der Waals surface area contributed by atoms with Gasteiger partial charge < -0.3 is 9.52 Å². The van der Waals surface area contributed by atoms with E-state index in [2.05, 4.69) is 6.58 Å². The second kappa shape index (κ2) is 5.80. The average molecular weight is 240 g/mol. The second-order valence-corrected chi connectivity index (χ2v) is 3.35. The number of rotatable bonds is 7. The summed E-state index contributed by atoms with van der Waals surface area (Å²) in [5.74, 6) is -0.985. The van der Waals surface area contributed by atoms with Crippen LogP contribution >= 0.6 is 0 Å². The van der Waals surface area contributed by atoms with Gasteiger partial charge in [-0.1, -0.05) is 6.08 Å². The van der Waals surface area contributed by atoms with E-state index in [-0.39, 0.29) is 19.0 Å². The predicted octanol–water partition coefficient (Wildman–Crippen LogP) is 1.26. The molecule has 0 saturated heterocycles.